The molecule has 1 aromatic heterocycles. The molecule has 1 amide bonds. The zero-order chi connectivity index (χ0) is 21.4. The number of esters is 1. The molecule has 4 rings (SSSR count). The second kappa shape index (κ2) is 7.55. The van der Waals surface area contributed by atoms with Crippen molar-refractivity contribution in [2.24, 2.45) is 0 Å². The first kappa shape index (κ1) is 19.5. The number of hydrogen-bond acceptors (Lipinski definition) is 6. The first-order valence-corrected chi connectivity index (χ1v) is 9.29. The molecule has 0 atom stereocenters. The number of rotatable bonds is 5. The molecule has 30 heavy (non-hydrogen) atoms. The lowest BCUT2D eigenvalue weighted by Crippen LogP contribution is -2.24. The number of ether oxygens (including phenoxy) is 3. The molecule has 8 heteroatoms. The molecule has 0 aliphatic carbocycles. The summed E-state index contributed by atoms with van der Waals surface area (Å²) in [7, 11) is 4.11. The van der Waals surface area contributed by atoms with Crippen LogP contribution in [0, 0.1) is 0 Å². The minimum Gasteiger partial charge on any atom is -0.493 e. The molecule has 0 bridgehead atoms. The highest BCUT2D eigenvalue weighted by Gasteiger charge is 2.23. The Kier molecular flexibility index (Phi) is 4.91. The van der Waals surface area contributed by atoms with E-state index >= 15 is 0 Å². The van der Waals surface area contributed by atoms with E-state index in [1.165, 1.54) is 33.5 Å². The summed E-state index contributed by atoms with van der Waals surface area (Å²) in [5.41, 5.74) is 1.81. The van der Waals surface area contributed by atoms with Gasteiger partial charge in [0.25, 0.3) is 5.91 Å². The molecule has 3 aromatic rings. The van der Waals surface area contributed by atoms with Crippen LogP contribution in [0.1, 0.15) is 26.3 Å². The molecule has 8 nitrogen and oxygen atoms in total. The van der Waals surface area contributed by atoms with Crippen molar-refractivity contribution in [1.29, 1.82) is 0 Å². The van der Waals surface area contributed by atoms with Gasteiger partial charge in [-0.15, -0.1) is 0 Å². The number of benzene rings is 2. The van der Waals surface area contributed by atoms with Crippen LogP contribution in [0.4, 0.5) is 5.69 Å². The Bertz CT molecular complexity index is 1240. The van der Waals surface area contributed by atoms with Crippen molar-refractivity contribution in [2.45, 2.75) is 13.0 Å². The van der Waals surface area contributed by atoms with Crippen LogP contribution in [0.2, 0.25) is 0 Å². The molecule has 1 N–H and O–H groups in total. The van der Waals surface area contributed by atoms with Crippen LogP contribution in [0.15, 0.2) is 41.3 Å². The fraction of sp³-hybridized carbons (Fsp3) is 0.227. The van der Waals surface area contributed by atoms with Crippen molar-refractivity contribution in [1.82, 2.24) is 4.57 Å². The van der Waals surface area contributed by atoms with Crippen molar-refractivity contribution in [2.75, 3.05) is 26.6 Å². The van der Waals surface area contributed by atoms with Crippen LogP contribution in [-0.4, -0.2) is 37.8 Å². The molecule has 2 heterocycles. The average Bonchev–Trinajstić information content (AvgIpc) is 3.19. The average molecular weight is 408 g/mol. The highest BCUT2D eigenvalue weighted by molar-refractivity contribution is 6.09. The van der Waals surface area contributed by atoms with Crippen LogP contribution >= 0.6 is 0 Å². The van der Waals surface area contributed by atoms with E-state index in [-0.39, 0.29) is 22.2 Å². The second-order valence-electron chi connectivity index (χ2n) is 6.83. The van der Waals surface area contributed by atoms with Crippen molar-refractivity contribution in [3.05, 3.63) is 63.4 Å². The quantitative estimate of drug-likeness (QED) is 0.652. The highest BCUT2D eigenvalue weighted by atomic mass is 16.5. The monoisotopic (exact) mass is 408 g/mol. The van der Waals surface area contributed by atoms with E-state index in [2.05, 4.69) is 5.32 Å². The molecule has 0 saturated heterocycles. The van der Waals surface area contributed by atoms with Crippen LogP contribution in [-0.2, 0) is 17.7 Å². The predicted octanol–water partition coefficient (Wildman–Crippen LogP) is 2.61. The normalized spacial score (nSPS) is 12.0. The number of aryl methyl sites for hydroxylation is 2. The van der Waals surface area contributed by atoms with Gasteiger partial charge in [-0.25, -0.2) is 4.79 Å². The lowest BCUT2D eigenvalue weighted by atomic mass is 10.1. The van der Waals surface area contributed by atoms with Gasteiger partial charge >= 0.3 is 5.97 Å². The number of pyridine rings is 1. The van der Waals surface area contributed by atoms with Crippen LogP contribution in [0.5, 0.6) is 11.5 Å². The Morgan fingerprint density at radius 2 is 1.77 bits per heavy atom. The third-order valence-corrected chi connectivity index (χ3v) is 5.22. The molecule has 2 aromatic carbocycles. The molecule has 0 spiro atoms. The summed E-state index contributed by atoms with van der Waals surface area (Å²) in [5, 5.41) is 3.15. The van der Waals surface area contributed by atoms with E-state index in [1.54, 1.807) is 12.3 Å². The summed E-state index contributed by atoms with van der Waals surface area (Å²) < 4.78 is 17.2. The molecule has 1 aliphatic rings. The molecule has 154 valence electrons. The Hall–Kier alpha value is -3.81. The van der Waals surface area contributed by atoms with Gasteiger partial charge in [0.1, 0.15) is 5.56 Å². The van der Waals surface area contributed by atoms with Gasteiger partial charge in [-0.3, -0.25) is 9.59 Å². The third-order valence-electron chi connectivity index (χ3n) is 5.22. The maximum absolute atomic E-state index is 13.0. The molecular formula is C22H20N2O6. The number of carbonyl (C=O) groups excluding carboxylic acids is 2. The summed E-state index contributed by atoms with van der Waals surface area (Å²) >= 11 is 0. The molecular weight excluding hydrogens is 388 g/mol. The number of anilines is 1. The number of methoxy groups -OCH3 is 3. The minimum atomic E-state index is -0.662. The van der Waals surface area contributed by atoms with Crippen molar-refractivity contribution in [3.8, 4) is 11.5 Å². The SMILES string of the molecule is COC(=O)c1cc(OC)c(OC)cc1NC(=O)c1cn2c3c(cccc3c1=O)CC2. The number of hydrogen-bond donors (Lipinski definition) is 1. The number of aromatic nitrogens is 1. The molecule has 0 radical (unpaired) electrons. The van der Waals surface area contributed by atoms with Crippen LogP contribution < -0.4 is 20.2 Å². The van der Waals surface area contributed by atoms with Gasteiger partial charge in [0.05, 0.1) is 38.1 Å². The van der Waals surface area contributed by atoms with Crippen molar-refractivity contribution >= 4 is 28.5 Å². The molecule has 1 aliphatic heterocycles. The lowest BCUT2D eigenvalue weighted by Gasteiger charge is -2.15. The molecule has 0 saturated carbocycles. The van der Waals surface area contributed by atoms with E-state index < -0.39 is 11.9 Å². The maximum Gasteiger partial charge on any atom is 0.340 e. The fourth-order valence-corrected chi connectivity index (χ4v) is 3.77. The number of nitrogens with zero attached hydrogens (tertiary/aromatic N) is 1. The maximum atomic E-state index is 13.0. The number of carbonyl (C=O) groups is 2. The summed E-state index contributed by atoms with van der Waals surface area (Å²) in [4.78, 5) is 38.2. The lowest BCUT2D eigenvalue weighted by molar-refractivity contribution is 0.0601. The van der Waals surface area contributed by atoms with E-state index in [1.807, 2.05) is 16.7 Å². The first-order chi connectivity index (χ1) is 14.5. The smallest absolute Gasteiger partial charge is 0.340 e. The van der Waals surface area contributed by atoms with E-state index in [9.17, 15) is 14.4 Å². The Morgan fingerprint density at radius 3 is 2.47 bits per heavy atom. The number of amides is 1. The summed E-state index contributed by atoms with van der Waals surface area (Å²) in [6.45, 7) is 0.695. The largest absolute Gasteiger partial charge is 0.493 e. The standard InChI is InChI=1S/C22H20N2O6/c1-28-17-9-14(22(27)30-3)16(10-18(17)29-2)23-21(26)15-11-24-8-7-12-5-4-6-13(19(12)24)20(15)25/h4-6,9-11H,7-8H2,1-3H3,(H,23,26). The van der Waals surface area contributed by atoms with Gasteiger partial charge < -0.3 is 24.1 Å². The van der Waals surface area contributed by atoms with Gasteiger partial charge in [0, 0.05) is 30.3 Å². The topological polar surface area (TPSA) is 95.9 Å². The molecule has 0 unspecified atom stereocenters. The van der Waals surface area contributed by atoms with Crippen molar-refractivity contribution < 1.29 is 23.8 Å². The van der Waals surface area contributed by atoms with E-state index in [0.717, 1.165) is 17.5 Å². The van der Waals surface area contributed by atoms with Gasteiger partial charge in [0.2, 0.25) is 5.43 Å². The van der Waals surface area contributed by atoms with Crippen LogP contribution in [0.3, 0.4) is 0 Å². The summed E-state index contributed by atoms with van der Waals surface area (Å²) in [6.07, 6.45) is 2.37. The fourth-order valence-electron chi connectivity index (χ4n) is 3.77. The number of nitrogens with one attached hydrogen (secondary N) is 1. The Labute approximate surface area is 172 Å². The van der Waals surface area contributed by atoms with E-state index in [0.29, 0.717) is 23.4 Å². The molecule has 0 fully saturated rings. The van der Waals surface area contributed by atoms with Gasteiger partial charge in [-0.1, -0.05) is 12.1 Å². The van der Waals surface area contributed by atoms with Crippen molar-refractivity contribution in [3.63, 3.8) is 0 Å². The zero-order valence-electron chi connectivity index (χ0n) is 16.8. The zero-order valence-corrected chi connectivity index (χ0v) is 16.8. The minimum absolute atomic E-state index is 0.00727. The first-order valence-electron chi connectivity index (χ1n) is 9.29. The summed E-state index contributed by atoms with van der Waals surface area (Å²) in [5.74, 6) is -0.661. The Morgan fingerprint density at radius 1 is 1.03 bits per heavy atom. The van der Waals surface area contributed by atoms with Gasteiger partial charge in [-0.05, 0) is 18.1 Å². The van der Waals surface area contributed by atoms with Gasteiger partial charge in [-0.2, -0.15) is 0 Å². The predicted molar refractivity (Wildman–Crippen MR) is 111 cm³/mol. The third kappa shape index (κ3) is 3.06. The van der Waals surface area contributed by atoms with E-state index in [4.69, 9.17) is 14.2 Å². The van der Waals surface area contributed by atoms with Gasteiger partial charge in [0.15, 0.2) is 11.5 Å². The highest BCUT2D eigenvalue weighted by Crippen LogP contribution is 2.34. The Balaban J connectivity index is 1.79. The number of para-hydroxylation sites is 1. The summed E-state index contributed by atoms with van der Waals surface area (Å²) in [6, 6.07) is 8.39. The van der Waals surface area contributed by atoms with Crippen LogP contribution in [0.25, 0.3) is 10.9 Å². The second-order valence-corrected chi connectivity index (χ2v) is 6.83.